The van der Waals surface area contributed by atoms with E-state index in [1.807, 2.05) is 0 Å². The van der Waals surface area contributed by atoms with Gasteiger partial charge in [-0.25, -0.2) is 0 Å². The van der Waals surface area contributed by atoms with Crippen molar-refractivity contribution in [2.24, 2.45) is 0 Å². The van der Waals surface area contributed by atoms with Crippen molar-refractivity contribution >= 4 is 32.4 Å². The number of fused-ring (bicyclic) bond motifs is 1. The minimum atomic E-state index is 0.621. The Balaban J connectivity index is 1.95. The van der Waals surface area contributed by atoms with E-state index in [-0.39, 0.29) is 0 Å². The average Bonchev–Trinajstić information content (AvgIpc) is 2.49. The molecule has 2 aromatic carbocycles. The fourth-order valence-corrected chi connectivity index (χ4v) is 3.65. The first-order chi connectivity index (χ1) is 9.79. The maximum Gasteiger partial charge on any atom is 0.0447 e. The summed E-state index contributed by atoms with van der Waals surface area (Å²) in [7, 11) is 0. The number of halogens is 1. The van der Waals surface area contributed by atoms with Crippen LogP contribution in [0.1, 0.15) is 19.8 Å². The van der Waals surface area contributed by atoms with Crippen LogP contribution in [0.4, 0.5) is 5.69 Å². The molecule has 1 aliphatic heterocycles. The molecule has 3 heteroatoms. The van der Waals surface area contributed by atoms with Crippen LogP contribution in [0, 0.1) is 0 Å². The molecule has 0 spiro atoms. The van der Waals surface area contributed by atoms with Crippen LogP contribution in [0.5, 0.6) is 0 Å². The lowest BCUT2D eigenvalue weighted by atomic mass is 10.0. The van der Waals surface area contributed by atoms with E-state index in [1.54, 1.807) is 0 Å². The zero-order valence-electron chi connectivity index (χ0n) is 11.9. The number of anilines is 1. The fourth-order valence-electron chi connectivity index (χ4n) is 3.17. The van der Waals surface area contributed by atoms with Crippen molar-refractivity contribution in [3.63, 3.8) is 0 Å². The van der Waals surface area contributed by atoms with Crippen molar-refractivity contribution in [1.29, 1.82) is 0 Å². The first-order valence-corrected chi connectivity index (χ1v) is 8.24. The first kappa shape index (κ1) is 13.9. The van der Waals surface area contributed by atoms with Crippen LogP contribution in [-0.4, -0.2) is 25.7 Å². The highest BCUT2D eigenvalue weighted by Gasteiger charge is 2.20. The summed E-state index contributed by atoms with van der Waals surface area (Å²) in [4.78, 5) is 2.53. The molecule has 1 heterocycles. The highest BCUT2D eigenvalue weighted by Crippen LogP contribution is 2.33. The van der Waals surface area contributed by atoms with Gasteiger partial charge < -0.3 is 10.2 Å². The highest BCUT2D eigenvalue weighted by molar-refractivity contribution is 9.10. The number of nitrogens with zero attached hydrogens (tertiary/aromatic N) is 1. The molecule has 1 saturated heterocycles. The summed E-state index contributed by atoms with van der Waals surface area (Å²) >= 11 is 3.66. The van der Waals surface area contributed by atoms with E-state index in [4.69, 9.17) is 0 Å². The van der Waals surface area contributed by atoms with Gasteiger partial charge in [0.25, 0.3) is 0 Å². The third-order valence-electron chi connectivity index (χ3n) is 4.10. The van der Waals surface area contributed by atoms with E-state index in [9.17, 15) is 0 Å². The normalized spacial score (nSPS) is 19.5. The van der Waals surface area contributed by atoms with Gasteiger partial charge in [0.1, 0.15) is 0 Å². The van der Waals surface area contributed by atoms with Gasteiger partial charge in [-0.15, -0.1) is 0 Å². The Morgan fingerprint density at radius 1 is 1.20 bits per heavy atom. The van der Waals surface area contributed by atoms with Crippen molar-refractivity contribution < 1.29 is 0 Å². The molecule has 0 aromatic heterocycles. The van der Waals surface area contributed by atoms with Crippen LogP contribution in [-0.2, 0) is 0 Å². The number of benzene rings is 2. The molecule has 1 unspecified atom stereocenters. The maximum absolute atomic E-state index is 3.66. The summed E-state index contributed by atoms with van der Waals surface area (Å²) in [6, 6.07) is 13.7. The van der Waals surface area contributed by atoms with Crippen molar-refractivity contribution in [3.8, 4) is 0 Å². The molecule has 0 saturated carbocycles. The van der Waals surface area contributed by atoms with Gasteiger partial charge in [-0.05, 0) is 36.9 Å². The lowest BCUT2D eigenvalue weighted by molar-refractivity contribution is 0.432. The Morgan fingerprint density at radius 2 is 2.00 bits per heavy atom. The van der Waals surface area contributed by atoms with Gasteiger partial charge in [-0.3, -0.25) is 0 Å². The number of nitrogens with one attached hydrogen (secondary N) is 1. The summed E-state index contributed by atoms with van der Waals surface area (Å²) in [5, 5.41) is 6.24. The van der Waals surface area contributed by atoms with E-state index < -0.39 is 0 Å². The van der Waals surface area contributed by atoms with Crippen LogP contribution >= 0.6 is 15.9 Å². The fraction of sp³-hybridized carbons (Fsp3) is 0.412. The molecule has 1 aliphatic rings. The summed E-state index contributed by atoms with van der Waals surface area (Å²) in [6.07, 6.45) is 2.56. The largest absolute Gasteiger partial charge is 0.369 e. The minimum absolute atomic E-state index is 0.621. The Morgan fingerprint density at radius 3 is 2.80 bits per heavy atom. The summed E-state index contributed by atoms with van der Waals surface area (Å²) in [6.45, 7) is 5.51. The smallest absolute Gasteiger partial charge is 0.0447 e. The predicted molar refractivity (Wildman–Crippen MR) is 90.6 cm³/mol. The van der Waals surface area contributed by atoms with E-state index in [2.05, 4.69) is 69.5 Å². The topological polar surface area (TPSA) is 15.3 Å². The summed E-state index contributed by atoms with van der Waals surface area (Å²) in [5.41, 5.74) is 1.37. The minimum Gasteiger partial charge on any atom is -0.369 e. The van der Waals surface area contributed by atoms with Gasteiger partial charge in [0.15, 0.2) is 0 Å². The van der Waals surface area contributed by atoms with E-state index in [0.29, 0.717) is 6.04 Å². The van der Waals surface area contributed by atoms with Crippen molar-refractivity contribution in [1.82, 2.24) is 5.32 Å². The zero-order chi connectivity index (χ0) is 13.9. The molecule has 0 amide bonds. The standard InChI is InChI=1S/C17H21BrN2/c1-2-19-13-6-5-11-20(12-13)17-10-9-16(18)14-7-3-4-8-15(14)17/h3-4,7-10,13,19H,2,5-6,11-12H2,1H3. The Labute approximate surface area is 129 Å². The molecular weight excluding hydrogens is 312 g/mol. The van der Waals surface area contributed by atoms with Gasteiger partial charge in [-0.2, -0.15) is 0 Å². The average molecular weight is 333 g/mol. The molecule has 2 nitrogen and oxygen atoms in total. The predicted octanol–water partition coefficient (Wildman–Crippen LogP) is 4.18. The number of rotatable bonds is 3. The van der Waals surface area contributed by atoms with Crippen LogP contribution < -0.4 is 10.2 Å². The monoisotopic (exact) mass is 332 g/mol. The Kier molecular flexibility index (Phi) is 4.27. The molecular formula is C17H21BrN2. The Bertz CT molecular complexity index is 595. The highest BCUT2D eigenvalue weighted by atomic mass is 79.9. The lowest BCUT2D eigenvalue weighted by Gasteiger charge is -2.35. The molecule has 0 aliphatic carbocycles. The molecule has 20 heavy (non-hydrogen) atoms. The molecule has 3 rings (SSSR count). The number of hydrogen-bond acceptors (Lipinski definition) is 2. The van der Waals surface area contributed by atoms with Gasteiger partial charge in [0, 0.05) is 34.7 Å². The molecule has 2 aromatic rings. The van der Waals surface area contributed by atoms with Gasteiger partial charge in [-0.1, -0.05) is 47.1 Å². The van der Waals surface area contributed by atoms with E-state index in [1.165, 1.54) is 33.8 Å². The number of piperidine rings is 1. The second-order valence-corrected chi connectivity index (χ2v) is 6.31. The molecule has 106 valence electrons. The molecule has 1 N–H and O–H groups in total. The molecule has 1 fully saturated rings. The quantitative estimate of drug-likeness (QED) is 0.906. The third-order valence-corrected chi connectivity index (χ3v) is 4.79. The molecule has 1 atom stereocenters. The van der Waals surface area contributed by atoms with Gasteiger partial charge >= 0.3 is 0 Å². The third kappa shape index (κ3) is 2.70. The summed E-state index contributed by atoms with van der Waals surface area (Å²) < 4.78 is 1.18. The van der Waals surface area contributed by atoms with Gasteiger partial charge in [0.2, 0.25) is 0 Å². The second-order valence-electron chi connectivity index (χ2n) is 5.45. The number of likely N-dealkylation sites (N-methyl/N-ethyl adjacent to an activating group) is 1. The van der Waals surface area contributed by atoms with E-state index >= 15 is 0 Å². The van der Waals surface area contributed by atoms with Gasteiger partial charge in [0.05, 0.1) is 0 Å². The first-order valence-electron chi connectivity index (χ1n) is 7.45. The van der Waals surface area contributed by atoms with Crippen LogP contribution in [0.25, 0.3) is 10.8 Å². The van der Waals surface area contributed by atoms with Crippen LogP contribution in [0.15, 0.2) is 40.9 Å². The Hall–Kier alpha value is -1.06. The van der Waals surface area contributed by atoms with Crippen molar-refractivity contribution in [3.05, 3.63) is 40.9 Å². The zero-order valence-corrected chi connectivity index (χ0v) is 13.5. The molecule has 0 bridgehead atoms. The van der Waals surface area contributed by atoms with Crippen LogP contribution in [0.2, 0.25) is 0 Å². The summed E-state index contributed by atoms with van der Waals surface area (Å²) in [5.74, 6) is 0. The second kappa shape index (κ2) is 6.15. The number of hydrogen-bond donors (Lipinski definition) is 1. The molecule has 0 radical (unpaired) electrons. The van der Waals surface area contributed by atoms with Crippen LogP contribution in [0.3, 0.4) is 0 Å². The van der Waals surface area contributed by atoms with Crippen molar-refractivity contribution in [2.75, 3.05) is 24.5 Å². The SMILES string of the molecule is CCNC1CCCN(c2ccc(Br)c3ccccc23)C1. The van der Waals surface area contributed by atoms with E-state index in [0.717, 1.165) is 19.6 Å². The lowest BCUT2D eigenvalue weighted by Crippen LogP contribution is -2.45. The maximum atomic E-state index is 3.66. The van der Waals surface area contributed by atoms with Crippen molar-refractivity contribution in [2.45, 2.75) is 25.8 Å².